The number of nitrogens with one attached hydrogen (secondary N) is 2. The number of carbonyl (C=O) groups is 2. The molecule has 13 heteroatoms. The summed E-state index contributed by atoms with van der Waals surface area (Å²) in [7, 11) is 0. The molecule has 0 saturated heterocycles. The molecule has 0 spiro atoms. The van der Waals surface area contributed by atoms with Crippen LogP contribution in [0.25, 0.3) is 0 Å². The zero-order valence-corrected chi connectivity index (χ0v) is 17.5. The molecule has 0 saturated carbocycles. The Hall–Kier alpha value is -2.54. The number of esters is 1. The third-order valence-electron chi connectivity index (χ3n) is 3.26. The van der Waals surface area contributed by atoms with Crippen LogP contribution in [-0.4, -0.2) is 47.3 Å². The Morgan fingerprint density at radius 3 is 2.60 bits per heavy atom. The van der Waals surface area contributed by atoms with Crippen molar-refractivity contribution in [2.45, 2.75) is 30.5 Å². The molecular formula is C17H19F3N4O4S2. The van der Waals surface area contributed by atoms with E-state index in [1.165, 1.54) is 47.4 Å². The van der Waals surface area contributed by atoms with Crippen molar-refractivity contribution in [2.24, 2.45) is 0 Å². The molecule has 2 rings (SSSR count). The normalized spacial score (nSPS) is 11.1. The Bertz CT molecular complexity index is 831. The summed E-state index contributed by atoms with van der Waals surface area (Å²) in [6.07, 6.45) is -4.00. The number of benzene rings is 1. The SMILES string of the molecule is CCOC(=O)CCCNC(=O)CSc1nnc(Nc2ccc(OC(F)(F)F)cc2)s1. The molecule has 1 aromatic carbocycles. The lowest BCUT2D eigenvalue weighted by Gasteiger charge is -2.09. The summed E-state index contributed by atoms with van der Waals surface area (Å²) in [4.78, 5) is 23.0. The van der Waals surface area contributed by atoms with E-state index < -0.39 is 6.36 Å². The number of anilines is 2. The van der Waals surface area contributed by atoms with Gasteiger partial charge in [0.05, 0.1) is 12.4 Å². The van der Waals surface area contributed by atoms with Crippen molar-refractivity contribution in [1.29, 1.82) is 0 Å². The van der Waals surface area contributed by atoms with Gasteiger partial charge in [0.2, 0.25) is 11.0 Å². The number of halogens is 3. The number of amides is 1. The first kappa shape index (κ1) is 23.7. The molecule has 1 aromatic heterocycles. The molecule has 1 heterocycles. The van der Waals surface area contributed by atoms with Gasteiger partial charge in [-0.3, -0.25) is 9.59 Å². The summed E-state index contributed by atoms with van der Waals surface area (Å²) in [5, 5.41) is 13.9. The van der Waals surface area contributed by atoms with E-state index in [1.54, 1.807) is 6.92 Å². The van der Waals surface area contributed by atoms with Gasteiger partial charge in [-0.25, -0.2) is 0 Å². The number of aromatic nitrogens is 2. The van der Waals surface area contributed by atoms with E-state index in [0.29, 0.717) is 34.7 Å². The highest BCUT2D eigenvalue weighted by atomic mass is 32.2. The standard InChI is InChI=1S/C17H19F3N4O4S2/c1-2-27-14(26)4-3-9-21-13(25)10-29-16-24-23-15(30-16)22-11-5-7-12(8-6-11)28-17(18,19)20/h5-8H,2-4,9-10H2,1H3,(H,21,25)(H,22,23). The number of nitrogens with zero attached hydrogens (tertiary/aromatic N) is 2. The first-order chi connectivity index (χ1) is 14.2. The van der Waals surface area contributed by atoms with Gasteiger partial charge in [-0.15, -0.1) is 23.4 Å². The first-order valence-corrected chi connectivity index (χ1v) is 10.6. The molecule has 0 fully saturated rings. The van der Waals surface area contributed by atoms with Crippen LogP contribution in [0.3, 0.4) is 0 Å². The maximum absolute atomic E-state index is 12.2. The van der Waals surface area contributed by atoms with Crippen molar-refractivity contribution < 1.29 is 32.2 Å². The van der Waals surface area contributed by atoms with Gasteiger partial charge in [-0.1, -0.05) is 23.1 Å². The Kier molecular flexibility index (Phi) is 9.17. The van der Waals surface area contributed by atoms with Gasteiger partial charge in [-0.2, -0.15) is 0 Å². The van der Waals surface area contributed by atoms with Crippen LogP contribution >= 0.6 is 23.1 Å². The second-order valence-corrected chi connectivity index (χ2v) is 7.82. The maximum Gasteiger partial charge on any atom is 0.573 e. The van der Waals surface area contributed by atoms with Gasteiger partial charge >= 0.3 is 12.3 Å². The molecule has 0 unspecified atom stereocenters. The molecule has 2 aromatic rings. The average Bonchev–Trinajstić information content (AvgIpc) is 3.12. The van der Waals surface area contributed by atoms with Crippen molar-refractivity contribution in [1.82, 2.24) is 15.5 Å². The van der Waals surface area contributed by atoms with Crippen LogP contribution in [0.15, 0.2) is 28.6 Å². The van der Waals surface area contributed by atoms with E-state index in [0.717, 1.165) is 0 Å². The van der Waals surface area contributed by atoms with Gasteiger partial charge in [0.15, 0.2) is 4.34 Å². The van der Waals surface area contributed by atoms with Crippen molar-refractivity contribution in [3.8, 4) is 5.75 Å². The van der Waals surface area contributed by atoms with Crippen LogP contribution in [-0.2, 0) is 14.3 Å². The highest BCUT2D eigenvalue weighted by molar-refractivity contribution is 8.01. The Morgan fingerprint density at radius 1 is 1.20 bits per heavy atom. The first-order valence-electron chi connectivity index (χ1n) is 8.76. The summed E-state index contributed by atoms with van der Waals surface area (Å²) in [6, 6.07) is 5.19. The fourth-order valence-electron chi connectivity index (χ4n) is 2.05. The molecule has 8 nitrogen and oxygen atoms in total. The van der Waals surface area contributed by atoms with E-state index in [2.05, 4.69) is 25.6 Å². The van der Waals surface area contributed by atoms with Gasteiger partial charge in [-0.05, 0) is 37.6 Å². The van der Waals surface area contributed by atoms with Crippen molar-refractivity contribution in [3.63, 3.8) is 0 Å². The monoisotopic (exact) mass is 464 g/mol. The fraction of sp³-hybridized carbons (Fsp3) is 0.412. The highest BCUT2D eigenvalue weighted by Crippen LogP contribution is 2.29. The number of rotatable bonds is 11. The van der Waals surface area contributed by atoms with Crippen LogP contribution in [0.1, 0.15) is 19.8 Å². The molecule has 0 bridgehead atoms. The quantitative estimate of drug-likeness (QED) is 0.295. The van der Waals surface area contributed by atoms with Gasteiger partial charge in [0, 0.05) is 18.7 Å². The number of carbonyl (C=O) groups excluding carboxylic acids is 2. The molecule has 0 aliphatic rings. The minimum Gasteiger partial charge on any atom is -0.466 e. The number of thioether (sulfide) groups is 1. The fourth-order valence-corrected chi connectivity index (χ4v) is 3.66. The third-order valence-corrected chi connectivity index (χ3v) is 5.23. The minimum atomic E-state index is -4.74. The topological polar surface area (TPSA) is 102 Å². The molecule has 2 N–H and O–H groups in total. The van der Waals surface area contributed by atoms with Crippen molar-refractivity contribution in [2.75, 3.05) is 24.2 Å². The second kappa shape index (κ2) is 11.6. The van der Waals surface area contributed by atoms with Crippen LogP contribution < -0.4 is 15.4 Å². The number of hydrogen-bond acceptors (Lipinski definition) is 9. The third kappa shape index (κ3) is 9.31. The van der Waals surface area contributed by atoms with Crippen LogP contribution in [0.2, 0.25) is 0 Å². The van der Waals surface area contributed by atoms with Crippen LogP contribution in [0, 0.1) is 0 Å². The molecule has 0 radical (unpaired) electrons. The Morgan fingerprint density at radius 2 is 1.93 bits per heavy atom. The molecule has 1 amide bonds. The molecule has 0 aliphatic heterocycles. The number of alkyl halides is 3. The summed E-state index contributed by atoms with van der Waals surface area (Å²) in [5.74, 6) is -0.682. The average molecular weight is 464 g/mol. The van der Waals surface area contributed by atoms with E-state index in [1.807, 2.05) is 0 Å². The van der Waals surface area contributed by atoms with Crippen molar-refractivity contribution >= 4 is 45.8 Å². The zero-order valence-electron chi connectivity index (χ0n) is 15.8. The molecule has 0 atom stereocenters. The Balaban J connectivity index is 1.71. The van der Waals surface area contributed by atoms with E-state index in [4.69, 9.17) is 4.74 Å². The molecular weight excluding hydrogens is 445 g/mol. The smallest absolute Gasteiger partial charge is 0.466 e. The molecule has 0 aliphatic carbocycles. The minimum absolute atomic E-state index is 0.136. The largest absolute Gasteiger partial charge is 0.573 e. The summed E-state index contributed by atoms with van der Waals surface area (Å²) in [5.41, 5.74) is 0.511. The lowest BCUT2D eigenvalue weighted by Crippen LogP contribution is -2.26. The second-order valence-electron chi connectivity index (χ2n) is 5.62. The number of hydrogen-bond donors (Lipinski definition) is 2. The van der Waals surface area contributed by atoms with Gasteiger partial charge < -0.3 is 20.1 Å². The molecule has 164 valence electrons. The van der Waals surface area contributed by atoms with Crippen molar-refractivity contribution in [3.05, 3.63) is 24.3 Å². The zero-order chi connectivity index (χ0) is 22.0. The summed E-state index contributed by atoms with van der Waals surface area (Å²) < 4.78 is 45.6. The summed E-state index contributed by atoms with van der Waals surface area (Å²) in [6.45, 7) is 2.43. The highest BCUT2D eigenvalue weighted by Gasteiger charge is 2.30. The maximum atomic E-state index is 12.2. The lowest BCUT2D eigenvalue weighted by atomic mass is 10.3. The molecule has 30 heavy (non-hydrogen) atoms. The van der Waals surface area contributed by atoms with E-state index in [9.17, 15) is 22.8 Å². The number of ether oxygens (including phenoxy) is 2. The predicted octanol–water partition coefficient (Wildman–Crippen LogP) is 3.73. The van der Waals surface area contributed by atoms with Crippen LogP contribution in [0.5, 0.6) is 5.75 Å². The van der Waals surface area contributed by atoms with Gasteiger partial charge in [0.1, 0.15) is 5.75 Å². The summed E-state index contributed by atoms with van der Waals surface area (Å²) >= 11 is 2.40. The predicted molar refractivity (Wildman–Crippen MR) is 106 cm³/mol. The van der Waals surface area contributed by atoms with Crippen LogP contribution in [0.4, 0.5) is 24.0 Å². The Labute approximate surface area is 178 Å². The van der Waals surface area contributed by atoms with Gasteiger partial charge in [0.25, 0.3) is 0 Å². The van der Waals surface area contributed by atoms with E-state index >= 15 is 0 Å². The van der Waals surface area contributed by atoms with E-state index in [-0.39, 0.29) is 29.8 Å². The lowest BCUT2D eigenvalue weighted by molar-refractivity contribution is -0.274.